The van der Waals surface area contributed by atoms with E-state index in [4.69, 9.17) is 9.11 Å². The van der Waals surface area contributed by atoms with Crippen LogP contribution in [0, 0.1) is 0 Å². The zero-order chi connectivity index (χ0) is 19.6. The third-order valence-corrected chi connectivity index (χ3v) is 5.55. The van der Waals surface area contributed by atoms with Gasteiger partial charge in [-0.1, -0.05) is 0 Å². The third kappa shape index (κ3) is 3.94. The van der Waals surface area contributed by atoms with Gasteiger partial charge in [0.15, 0.2) is 5.78 Å². The first kappa shape index (κ1) is 25.2. The second kappa shape index (κ2) is 8.14. The fraction of sp³-hybridized carbons (Fsp3) is 0. The van der Waals surface area contributed by atoms with Gasteiger partial charge in [0, 0.05) is 11.1 Å². The van der Waals surface area contributed by atoms with Crippen molar-refractivity contribution in [3.8, 4) is 11.5 Å². The van der Waals surface area contributed by atoms with Crippen LogP contribution >= 0.6 is 0 Å². The standard InChI is InChI=1S/C14H8O10S2.2Na.2H/c15-11-5-1-3-7(25(19,20)21)12(16)9(5)14(18)10-6(11)2-4-8(13(10)17)26(22,23)24;;;;/h1-4,16-17H,(H,19,20,21)(H,22,23,24);;;;/q;2*+1;2*-1. The molecule has 0 heterocycles. The number of carbonyl (C=O) groups is 2. The molecule has 0 saturated carbocycles. The van der Waals surface area contributed by atoms with Gasteiger partial charge in [-0.25, -0.2) is 0 Å². The maximum Gasteiger partial charge on any atom is 1.00 e. The summed E-state index contributed by atoms with van der Waals surface area (Å²) in [5, 5.41) is 20.1. The molecule has 0 atom stereocenters. The van der Waals surface area contributed by atoms with Crippen LogP contribution in [0.1, 0.15) is 34.7 Å². The first-order valence-electron chi connectivity index (χ1n) is 6.62. The molecule has 0 amide bonds. The van der Waals surface area contributed by atoms with Crippen molar-refractivity contribution >= 4 is 31.8 Å². The van der Waals surface area contributed by atoms with E-state index in [-0.39, 0.29) is 62.0 Å². The molecule has 0 unspecified atom stereocenters. The average molecular weight is 448 g/mol. The third-order valence-electron chi connectivity index (χ3n) is 3.78. The van der Waals surface area contributed by atoms with Gasteiger partial charge in [0.25, 0.3) is 20.2 Å². The molecule has 1 aliphatic rings. The maximum atomic E-state index is 12.6. The molecule has 2 aromatic carbocycles. The molecule has 0 radical (unpaired) electrons. The van der Waals surface area contributed by atoms with Crippen LogP contribution in [0.3, 0.4) is 0 Å². The number of hydrogen-bond donors (Lipinski definition) is 4. The quantitative estimate of drug-likeness (QED) is 0.218. The van der Waals surface area contributed by atoms with Crippen molar-refractivity contribution in [2.24, 2.45) is 0 Å². The van der Waals surface area contributed by atoms with Crippen LogP contribution < -0.4 is 59.1 Å². The van der Waals surface area contributed by atoms with E-state index in [0.717, 1.165) is 12.1 Å². The van der Waals surface area contributed by atoms with Crippen LogP contribution in [0.15, 0.2) is 34.1 Å². The van der Waals surface area contributed by atoms with Crippen molar-refractivity contribution in [3.05, 3.63) is 46.5 Å². The van der Waals surface area contributed by atoms with E-state index < -0.39 is 75.3 Å². The number of aromatic hydroxyl groups is 2. The Labute approximate surface area is 205 Å². The van der Waals surface area contributed by atoms with Gasteiger partial charge in [-0.15, -0.1) is 0 Å². The summed E-state index contributed by atoms with van der Waals surface area (Å²) in [4.78, 5) is 23.0. The number of hydrogen-bond acceptors (Lipinski definition) is 8. The van der Waals surface area contributed by atoms with Crippen molar-refractivity contribution in [3.63, 3.8) is 0 Å². The molecular formula is C14H10Na2O10S2. The van der Waals surface area contributed by atoms with Crippen LogP contribution in [-0.2, 0) is 20.2 Å². The molecule has 0 aromatic heterocycles. The second-order valence-corrected chi connectivity index (χ2v) is 8.06. The first-order valence-corrected chi connectivity index (χ1v) is 9.50. The largest absolute Gasteiger partial charge is 1.00 e. The predicted molar refractivity (Wildman–Crippen MR) is 84.9 cm³/mol. The van der Waals surface area contributed by atoms with Gasteiger partial charge in [0.05, 0.1) is 11.1 Å². The topological polar surface area (TPSA) is 183 Å². The summed E-state index contributed by atoms with van der Waals surface area (Å²) in [5.41, 5.74) is -2.49. The maximum absolute atomic E-state index is 12.6. The summed E-state index contributed by atoms with van der Waals surface area (Å²) in [6.45, 7) is 0. The zero-order valence-corrected chi connectivity index (χ0v) is 20.0. The van der Waals surface area contributed by atoms with E-state index >= 15 is 0 Å². The number of phenolic OH excluding ortho intramolecular Hbond substituents is 2. The molecule has 10 nitrogen and oxygen atoms in total. The molecule has 0 bridgehead atoms. The van der Waals surface area contributed by atoms with Crippen LogP contribution in [0.5, 0.6) is 11.5 Å². The Morgan fingerprint density at radius 1 is 0.643 bits per heavy atom. The molecular weight excluding hydrogens is 438 g/mol. The number of benzene rings is 2. The van der Waals surface area contributed by atoms with Crippen molar-refractivity contribution < 1.29 is 108 Å². The summed E-state index contributed by atoms with van der Waals surface area (Å²) in [7, 11) is -9.88. The number of fused-ring (bicyclic) bond motifs is 2. The zero-order valence-electron chi connectivity index (χ0n) is 16.4. The van der Waals surface area contributed by atoms with Crippen molar-refractivity contribution in [2.45, 2.75) is 9.79 Å². The molecule has 0 saturated heterocycles. The van der Waals surface area contributed by atoms with Gasteiger partial charge in [0.2, 0.25) is 5.78 Å². The first-order chi connectivity index (χ1) is 11.9. The van der Waals surface area contributed by atoms with E-state index in [0.29, 0.717) is 12.1 Å². The molecule has 140 valence electrons. The fourth-order valence-electron chi connectivity index (χ4n) is 2.67. The molecule has 28 heavy (non-hydrogen) atoms. The molecule has 2 aromatic rings. The van der Waals surface area contributed by atoms with E-state index in [9.17, 15) is 36.6 Å². The molecule has 0 fully saturated rings. The van der Waals surface area contributed by atoms with Gasteiger partial charge in [-0.05, 0) is 24.3 Å². The Hall–Kier alpha value is -0.800. The minimum absolute atomic E-state index is 0. The molecule has 4 N–H and O–H groups in total. The number of phenols is 2. The van der Waals surface area contributed by atoms with E-state index in [1.807, 2.05) is 0 Å². The van der Waals surface area contributed by atoms with Crippen LogP contribution in [0.25, 0.3) is 0 Å². The summed E-state index contributed by atoms with van der Waals surface area (Å²) >= 11 is 0. The Kier molecular flexibility index (Phi) is 7.34. The van der Waals surface area contributed by atoms with Crippen molar-refractivity contribution in [1.29, 1.82) is 0 Å². The molecule has 1 aliphatic carbocycles. The second-order valence-electron chi connectivity index (χ2n) is 5.28. The van der Waals surface area contributed by atoms with Gasteiger partial charge in [-0.3, -0.25) is 18.7 Å². The monoisotopic (exact) mass is 448 g/mol. The van der Waals surface area contributed by atoms with Crippen molar-refractivity contribution in [2.75, 3.05) is 0 Å². The summed E-state index contributed by atoms with van der Waals surface area (Å²) in [6.07, 6.45) is 0. The van der Waals surface area contributed by atoms with Crippen molar-refractivity contribution in [1.82, 2.24) is 0 Å². The number of ketones is 2. The smallest absolute Gasteiger partial charge is 1.00 e. The Balaban J connectivity index is 0. The van der Waals surface area contributed by atoms with Crippen LogP contribution in [-0.4, -0.2) is 47.7 Å². The number of carbonyl (C=O) groups excluding carboxylic acids is 2. The number of rotatable bonds is 2. The Morgan fingerprint density at radius 3 is 1.25 bits per heavy atom. The van der Waals surface area contributed by atoms with Gasteiger partial charge >= 0.3 is 59.1 Å². The van der Waals surface area contributed by atoms with Gasteiger partial charge in [-0.2, -0.15) is 16.8 Å². The van der Waals surface area contributed by atoms with E-state index in [1.54, 1.807) is 0 Å². The average Bonchev–Trinajstić information content (AvgIpc) is 2.49. The SMILES string of the molecule is O=C1c2ccc(S(=O)(=O)O)c(O)c2C(=O)c2c1ccc(S(=O)(=O)O)c2O.[H-].[H-].[Na+].[Na+]. The molecule has 0 aliphatic heterocycles. The summed E-state index contributed by atoms with van der Waals surface area (Å²) in [5.74, 6) is -4.64. The Morgan fingerprint density at radius 2 is 0.964 bits per heavy atom. The van der Waals surface area contributed by atoms with Crippen LogP contribution in [0.4, 0.5) is 0 Å². The molecule has 3 rings (SSSR count). The summed E-state index contributed by atoms with van der Waals surface area (Å²) in [6, 6.07) is 3.20. The van der Waals surface area contributed by atoms with E-state index in [2.05, 4.69) is 0 Å². The van der Waals surface area contributed by atoms with E-state index in [1.165, 1.54) is 0 Å². The fourth-order valence-corrected chi connectivity index (χ4v) is 3.84. The van der Waals surface area contributed by atoms with Gasteiger partial charge < -0.3 is 13.1 Å². The predicted octanol–water partition coefficient (Wildman–Crippen LogP) is -5.40. The minimum atomic E-state index is -4.94. The summed E-state index contributed by atoms with van der Waals surface area (Å²) < 4.78 is 63.2. The van der Waals surface area contributed by atoms with Crippen LogP contribution in [0.2, 0.25) is 0 Å². The normalized spacial score (nSPS) is 13.1. The molecule has 0 spiro atoms. The molecule has 14 heteroatoms. The Bertz CT molecular complexity index is 1150. The van der Waals surface area contributed by atoms with Gasteiger partial charge in [0.1, 0.15) is 21.3 Å². The minimum Gasteiger partial charge on any atom is -1.00 e.